The average Bonchev–Trinajstić information content (AvgIpc) is 3.32. The lowest BCUT2D eigenvalue weighted by atomic mass is 10.0. The van der Waals surface area contributed by atoms with Crippen molar-refractivity contribution in [1.82, 2.24) is 25.1 Å². The Bertz CT molecular complexity index is 1390. The molecule has 1 unspecified atom stereocenters. The van der Waals surface area contributed by atoms with Crippen LogP contribution in [0.1, 0.15) is 33.1 Å². The Labute approximate surface area is 206 Å². The van der Waals surface area contributed by atoms with Crippen LogP contribution in [0.25, 0.3) is 22.8 Å². The van der Waals surface area contributed by atoms with Crippen molar-refractivity contribution in [2.75, 3.05) is 17.6 Å². The average molecular weight is 516 g/mol. The number of piperidine rings is 1. The molecule has 1 atom stereocenters. The van der Waals surface area contributed by atoms with Crippen molar-refractivity contribution in [2.24, 2.45) is 0 Å². The number of amides is 2. The molecule has 1 saturated heterocycles. The number of hydrogen-bond donors (Lipinski definition) is 3. The Hall–Kier alpha value is -4.07. The summed E-state index contributed by atoms with van der Waals surface area (Å²) in [7, 11) is -3.42. The van der Waals surface area contributed by atoms with Crippen molar-refractivity contribution in [2.45, 2.75) is 49.3 Å². The number of carbonyl (C=O) groups is 2. The molecule has 0 spiro atoms. The van der Waals surface area contributed by atoms with Gasteiger partial charge in [-0.25, -0.2) is 23.2 Å². The number of nitrogens with one attached hydrogen (secondary N) is 1. The number of benzene rings is 1. The summed E-state index contributed by atoms with van der Waals surface area (Å²) in [5.41, 5.74) is 7.00. The maximum atomic E-state index is 12.6. The predicted molar refractivity (Wildman–Crippen MR) is 128 cm³/mol. The number of likely N-dealkylation sites (tertiary alicyclic amines) is 1. The maximum absolute atomic E-state index is 12.6. The number of nitrogen functional groups attached to an aromatic ring is 1. The van der Waals surface area contributed by atoms with Gasteiger partial charge in [0.05, 0.1) is 22.0 Å². The smallest absolute Gasteiger partial charge is 0.407 e. The minimum atomic E-state index is -3.42. The second kappa shape index (κ2) is 9.89. The van der Waals surface area contributed by atoms with Gasteiger partial charge in [0.15, 0.2) is 21.3 Å². The molecule has 2 amide bonds. The maximum Gasteiger partial charge on any atom is 0.407 e. The summed E-state index contributed by atoms with van der Waals surface area (Å²) >= 11 is 0. The molecule has 4 N–H and O–H groups in total. The van der Waals surface area contributed by atoms with Gasteiger partial charge >= 0.3 is 12.1 Å². The monoisotopic (exact) mass is 515 g/mol. The van der Waals surface area contributed by atoms with E-state index in [1.807, 2.05) is 0 Å². The zero-order valence-electron chi connectivity index (χ0n) is 19.6. The van der Waals surface area contributed by atoms with Crippen LogP contribution < -0.4 is 11.1 Å². The van der Waals surface area contributed by atoms with Crippen LogP contribution in [0.5, 0.6) is 0 Å². The van der Waals surface area contributed by atoms with Gasteiger partial charge in [-0.05, 0) is 45.2 Å². The van der Waals surface area contributed by atoms with Crippen molar-refractivity contribution >= 4 is 33.7 Å². The number of carbonyl (C=O) groups excluding carboxylic acids is 1. The van der Waals surface area contributed by atoms with Crippen molar-refractivity contribution in [3.63, 3.8) is 0 Å². The fourth-order valence-corrected chi connectivity index (χ4v) is 4.83. The molecule has 13 nitrogen and oxygen atoms in total. The summed E-state index contributed by atoms with van der Waals surface area (Å²) in [6.07, 6.45) is 2.05. The van der Waals surface area contributed by atoms with Gasteiger partial charge in [0.1, 0.15) is 6.04 Å². The topological polar surface area (TPSA) is 194 Å². The highest BCUT2D eigenvalue weighted by Gasteiger charge is 2.33. The van der Waals surface area contributed by atoms with Crippen LogP contribution in [-0.2, 0) is 14.6 Å². The van der Waals surface area contributed by atoms with Gasteiger partial charge in [-0.3, -0.25) is 15.0 Å². The van der Waals surface area contributed by atoms with Gasteiger partial charge in [-0.1, -0.05) is 17.2 Å². The lowest BCUT2D eigenvalue weighted by Gasteiger charge is -2.31. The van der Waals surface area contributed by atoms with Crippen LogP contribution in [0.15, 0.2) is 39.8 Å². The molecule has 0 aliphatic carbocycles. The number of nitrogens with two attached hydrogens (primary N) is 1. The third-order valence-electron chi connectivity index (χ3n) is 5.81. The first-order chi connectivity index (χ1) is 17.1. The first kappa shape index (κ1) is 25.0. The Morgan fingerprint density at radius 1 is 1.19 bits per heavy atom. The molecule has 14 heteroatoms. The summed E-state index contributed by atoms with van der Waals surface area (Å²) in [6, 6.07) is 5.11. The summed E-state index contributed by atoms with van der Waals surface area (Å²) in [6.45, 7) is 3.49. The van der Waals surface area contributed by atoms with E-state index >= 15 is 0 Å². The largest absolute Gasteiger partial charge is 0.465 e. The van der Waals surface area contributed by atoms with E-state index < -0.39 is 33.1 Å². The minimum absolute atomic E-state index is 0.00335. The van der Waals surface area contributed by atoms with Crippen LogP contribution >= 0.6 is 0 Å². The number of hydrogen-bond acceptors (Lipinski definition) is 10. The third-order valence-corrected chi connectivity index (χ3v) is 7.98. The molecular formula is C22H25N7O6S. The van der Waals surface area contributed by atoms with Gasteiger partial charge in [-0.2, -0.15) is 0 Å². The summed E-state index contributed by atoms with van der Waals surface area (Å²) < 4.78 is 30.2. The number of sulfone groups is 1. The summed E-state index contributed by atoms with van der Waals surface area (Å²) in [4.78, 5) is 33.9. The predicted octanol–water partition coefficient (Wildman–Crippen LogP) is 2.43. The molecule has 4 rings (SSSR count). The first-order valence-electron chi connectivity index (χ1n) is 11.2. The van der Waals surface area contributed by atoms with Crippen LogP contribution in [0.3, 0.4) is 0 Å². The molecular weight excluding hydrogens is 490 g/mol. The highest BCUT2D eigenvalue weighted by atomic mass is 32.2. The second-order valence-electron chi connectivity index (χ2n) is 8.50. The standard InChI is InChI=1S/C22H25N7O6S/c1-12(2)36(33,34)14-8-6-13(7-9-14)15-11-24-18(23)17(25-15)20-27-28-21(35-20)26-19(30)16-5-3-4-10-29(16)22(31)32/h6-9,11-12,16H,3-5,10H2,1-2H3,(H2,23,24)(H,31,32)(H,26,28,30). The van der Waals surface area contributed by atoms with Gasteiger partial charge < -0.3 is 15.3 Å². The number of rotatable bonds is 6. The van der Waals surface area contributed by atoms with E-state index in [1.165, 1.54) is 18.3 Å². The zero-order chi connectivity index (χ0) is 26.0. The van der Waals surface area contributed by atoms with Gasteiger partial charge in [0.25, 0.3) is 11.8 Å². The van der Waals surface area contributed by atoms with Crippen molar-refractivity contribution in [3.05, 3.63) is 30.5 Å². The van der Waals surface area contributed by atoms with E-state index in [0.717, 1.165) is 11.3 Å². The first-order valence-corrected chi connectivity index (χ1v) is 12.7. The van der Waals surface area contributed by atoms with Crippen molar-refractivity contribution in [3.8, 4) is 22.8 Å². The summed E-state index contributed by atoms with van der Waals surface area (Å²) in [5.74, 6) is -0.671. The van der Waals surface area contributed by atoms with Crippen LogP contribution in [-0.4, -0.2) is 68.4 Å². The highest BCUT2D eigenvalue weighted by molar-refractivity contribution is 7.92. The zero-order valence-corrected chi connectivity index (χ0v) is 20.4. The molecule has 1 aliphatic heterocycles. The van der Waals surface area contributed by atoms with Gasteiger partial charge in [0, 0.05) is 12.1 Å². The van der Waals surface area contributed by atoms with Crippen LogP contribution in [0.2, 0.25) is 0 Å². The molecule has 36 heavy (non-hydrogen) atoms. The fraction of sp³-hybridized carbons (Fsp3) is 0.364. The van der Waals surface area contributed by atoms with Gasteiger partial charge in [-0.15, -0.1) is 5.10 Å². The van der Waals surface area contributed by atoms with Crippen molar-refractivity contribution in [1.29, 1.82) is 0 Å². The lowest BCUT2D eigenvalue weighted by molar-refractivity contribution is -0.121. The number of carboxylic acid groups (broad SMARTS) is 1. The minimum Gasteiger partial charge on any atom is -0.465 e. The second-order valence-corrected chi connectivity index (χ2v) is 11.0. The third kappa shape index (κ3) is 4.98. The Morgan fingerprint density at radius 3 is 2.58 bits per heavy atom. The molecule has 1 aliphatic rings. The van der Waals surface area contributed by atoms with E-state index in [9.17, 15) is 23.1 Å². The van der Waals surface area contributed by atoms with E-state index in [-0.39, 0.29) is 34.9 Å². The van der Waals surface area contributed by atoms with E-state index in [2.05, 4.69) is 25.5 Å². The fourth-order valence-electron chi connectivity index (χ4n) is 3.77. The SMILES string of the molecule is CC(C)S(=O)(=O)c1ccc(-c2cnc(N)c(-c3nnc(NC(=O)C4CCCCN4C(=O)O)o3)n2)cc1. The number of aromatic nitrogens is 4. The molecule has 0 radical (unpaired) electrons. The van der Waals surface area contributed by atoms with E-state index in [4.69, 9.17) is 10.2 Å². The molecule has 1 aromatic carbocycles. The Balaban J connectivity index is 1.55. The molecule has 1 fully saturated rings. The lowest BCUT2D eigenvalue weighted by Crippen LogP contribution is -2.49. The molecule has 190 valence electrons. The van der Waals surface area contributed by atoms with Gasteiger partial charge in [0.2, 0.25) is 0 Å². The number of nitrogens with zero attached hydrogens (tertiary/aromatic N) is 5. The molecule has 3 aromatic rings. The van der Waals surface area contributed by atoms with E-state index in [1.54, 1.807) is 26.0 Å². The van der Waals surface area contributed by atoms with E-state index in [0.29, 0.717) is 24.1 Å². The van der Waals surface area contributed by atoms with Crippen LogP contribution in [0.4, 0.5) is 16.6 Å². The molecule has 0 bridgehead atoms. The summed E-state index contributed by atoms with van der Waals surface area (Å²) in [5, 5.41) is 18.9. The number of anilines is 2. The quantitative estimate of drug-likeness (QED) is 0.436. The Morgan fingerprint density at radius 2 is 1.92 bits per heavy atom. The molecule has 0 saturated carbocycles. The Kier molecular flexibility index (Phi) is 6.88. The van der Waals surface area contributed by atoms with Crippen molar-refractivity contribution < 1.29 is 27.5 Å². The van der Waals surface area contributed by atoms with Crippen LogP contribution in [0, 0.1) is 0 Å². The molecule has 2 aromatic heterocycles. The molecule has 3 heterocycles. The highest BCUT2D eigenvalue weighted by Crippen LogP contribution is 2.28. The normalized spacial score (nSPS) is 16.2.